The molecule has 1 amide bonds. The van der Waals surface area contributed by atoms with E-state index >= 15 is 0 Å². The molecule has 2 heterocycles. The van der Waals surface area contributed by atoms with Crippen LogP contribution in [-0.4, -0.2) is 32.9 Å². The number of benzene rings is 1. The van der Waals surface area contributed by atoms with Gasteiger partial charge in [0.1, 0.15) is 5.69 Å². The van der Waals surface area contributed by atoms with Crippen molar-refractivity contribution in [1.29, 1.82) is 0 Å². The van der Waals surface area contributed by atoms with Crippen LogP contribution >= 0.6 is 0 Å². The number of hydrogen-bond donors (Lipinski definition) is 2. The minimum absolute atomic E-state index is 0.0664. The fraction of sp³-hybridized carbons (Fsp3) is 0.545. The molecule has 0 radical (unpaired) electrons. The normalized spacial score (nSPS) is 29.9. The highest BCUT2D eigenvalue weighted by atomic mass is 16.5. The maximum Gasteiger partial charge on any atom is 0.270 e. The predicted molar refractivity (Wildman–Crippen MR) is 106 cm³/mol. The zero-order valence-electron chi connectivity index (χ0n) is 16.8. The van der Waals surface area contributed by atoms with Gasteiger partial charge in [-0.1, -0.05) is 30.3 Å². The van der Waals surface area contributed by atoms with E-state index in [-0.39, 0.29) is 24.2 Å². The standard InChI is InChI=1S/C22H29N3O3/c1-14-13-18-19(15(2)28-14)24-25(3)20(18)21(26)23-17-9-11-22(27,12-10-17)16-7-5-4-6-8-16/h4-8,14-15,17,27H,9-13H2,1-3H3,(H,23,26)/t14-,15+,17?,22?/m1/s1. The molecular weight excluding hydrogens is 354 g/mol. The first-order valence-electron chi connectivity index (χ1n) is 10.2. The summed E-state index contributed by atoms with van der Waals surface area (Å²) in [7, 11) is 1.82. The van der Waals surface area contributed by atoms with Gasteiger partial charge >= 0.3 is 0 Å². The molecule has 1 aliphatic heterocycles. The number of hydrogen-bond acceptors (Lipinski definition) is 4. The van der Waals surface area contributed by atoms with Crippen molar-refractivity contribution in [1.82, 2.24) is 15.1 Å². The van der Waals surface area contributed by atoms with Crippen molar-refractivity contribution in [2.45, 2.75) is 69.8 Å². The molecule has 1 saturated carbocycles. The number of aromatic nitrogens is 2. The Morgan fingerprint density at radius 2 is 1.93 bits per heavy atom. The Morgan fingerprint density at radius 1 is 1.25 bits per heavy atom. The van der Waals surface area contributed by atoms with Crippen LogP contribution in [0.1, 0.15) is 72.9 Å². The van der Waals surface area contributed by atoms with Gasteiger partial charge in [0.15, 0.2) is 0 Å². The molecule has 0 spiro atoms. The molecular formula is C22H29N3O3. The second-order valence-electron chi connectivity index (χ2n) is 8.27. The van der Waals surface area contributed by atoms with Crippen molar-refractivity contribution in [2.75, 3.05) is 0 Å². The average molecular weight is 383 g/mol. The van der Waals surface area contributed by atoms with Crippen LogP contribution in [0.15, 0.2) is 30.3 Å². The fourth-order valence-corrected chi connectivity index (χ4v) is 4.68. The van der Waals surface area contributed by atoms with Crippen LogP contribution in [0.2, 0.25) is 0 Å². The molecule has 2 atom stereocenters. The van der Waals surface area contributed by atoms with Crippen molar-refractivity contribution in [2.24, 2.45) is 7.05 Å². The Morgan fingerprint density at radius 3 is 2.61 bits per heavy atom. The van der Waals surface area contributed by atoms with Crippen molar-refractivity contribution >= 4 is 5.91 Å². The van der Waals surface area contributed by atoms with Crippen molar-refractivity contribution < 1.29 is 14.6 Å². The van der Waals surface area contributed by atoms with E-state index in [0.717, 1.165) is 29.7 Å². The number of nitrogens with zero attached hydrogens (tertiary/aromatic N) is 2. The number of nitrogens with one attached hydrogen (secondary N) is 1. The summed E-state index contributed by atoms with van der Waals surface area (Å²) < 4.78 is 7.52. The summed E-state index contributed by atoms with van der Waals surface area (Å²) >= 11 is 0. The topological polar surface area (TPSA) is 76.4 Å². The third kappa shape index (κ3) is 3.47. The van der Waals surface area contributed by atoms with E-state index in [1.165, 1.54) is 0 Å². The Kier molecular flexibility index (Phi) is 5.02. The average Bonchev–Trinajstić information content (AvgIpc) is 3.01. The summed E-state index contributed by atoms with van der Waals surface area (Å²) in [6.07, 6.45) is 3.49. The summed E-state index contributed by atoms with van der Waals surface area (Å²) in [6, 6.07) is 9.89. The Hall–Kier alpha value is -2.18. The molecule has 4 rings (SSSR count). The zero-order valence-corrected chi connectivity index (χ0v) is 16.8. The molecule has 1 fully saturated rings. The first-order valence-corrected chi connectivity index (χ1v) is 10.2. The first-order chi connectivity index (χ1) is 13.4. The highest BCUT2D eigenvalue weighted by Crippen LogP contribution is 2.37. The van der Waals surface area contributed by atoms with Crippen LogP contribution < -0.4 is 5.32 Å². The first kappa shape index (κ1) is 19.2. The number of rotatable bonds is 3. The Bertz CT molecular complexity index is 853. The lowest BCUT2D eigenvalue weighted by molar-refractivity contribution is -0.00855. The molecule has 1 aromatic carbocycles. The van der Waals surface area contributed by atoms with Gasteiger partial charge in [0.2, 0.25) is 0 Å². The van der Waals surface area contributed by atoms with Crippen LogP contribution in [0.4, 0.5) is 0 Å². The summed E-state index contributed by atoms with van der Waals surface area (Å²) in [5.74, 6) is -0.0762. The number of ether oxygens (including phenoxy) is 1. The van der Waals surface area contributed by atoms with E-state index in [9.17, 15) is 9.90 Å². The van der Waals surface area contributed by atoms with E-state index in [1.54, 1.807) is 4.68 Å². The van der Waals surface area contributed by atoms with Gasteiger partial charge in [-0.25, -0.2) is 0 Å². The highest BCUT2D eigenvalue weighted by molar-refractivity contribution is 5.94. The third-order valence-electron chi connectivity index (χ3n) is 6.16. The predicted octanol–water partition coefficient (Wildman–Crippen LogP) is 3.00. The molecule has 0 bridgehead atoms. The lowest BCUT2D eigenvalue weighted by Gasteiger charge is -2.36. The van der Waals surface area contributed by atoms with Crippen LogP contribution in [0.25, 0.3) is 0 Å². The van der Waals surface area contributed by atoms with Gasteiger partial charge in [-0.2, -0.15) is 5.10 Å². The van der Waals surface area contributed by atoms with E-state index < -0.39 is 5.60 Å². The fourth-order valence-electron chi connectivity index (χ4n) is 4.68. The lowest BCUT2D eigenvalue weighted by Crippen LogP contribution is -2.43. The van der Waals surface area contributed by atoms with E-state index in [4.69, 9.17) is 4.74 Å². The minimum Gasteiger partial charge on any atom is -0.385 e. The highest BCUT2D eigenvalue weighted by Gasteiger charge is 2.36. The minimum atomic E-state index is -0.795. The quantitative estimate of drug-likeness (QED) is 0.854. The van der Waals surface area contributed by atoms with E-state index in [0.29, 0.717) is 25.0 Å². The summed E-state index contributed by atoms with van der Waals surface area (Å²) in [6.45, 7) is 4.01. The van der Waals surface area contributed by atoms with Gasteiger partial charge in [0.05, 0.1) is 23.5 Å². The number of carbonyl (C=O) groups excluding carboxylic acids is 1. The van der Waals surface area contributed by atoms with Crippen molar-refractivity contribution in [3.63, 3.8) is 0 Å². The molecule has 6 heteroatoms. The molecule has 1 aliphatic carbocycles. The molecule has 2 N–H and O–H groups in total. The van der Waals surface area contributed by atoms with Gasteiger partial charge < -0.3 is 15.2 Å². The number of fused-ring (bicyclic) bond motifs is 1. The molecule has 0 saturated heterocycles. The third-order valence-corrected chi connectivity index (χ3v) is 6.16. The van der Waals surface area contributed by atoms with Crippen LogP contribution in [-0.2, 0) is 23.8 Å². The maximum atomic E-state index is 13.0. The van der Waals surface area contributed by atoms with Gasteiger partial charge in [0, 0.05) is 25.1 Å². The van der Waals surface area contributed by atoms with Gasteiger partial charge in [-0.3, -0.25) is 9.48 Å². The van der Waals surface area contributed by atoms with E-state index in [2.05, 4.69) is 10.4 Å². The largest absolute Gasteiger partial charge is 0.385 e. The number of aryl methyl sites for hydroxylation is 1. The smallest absolute Gasteiger partial charge is 0.270 e. The number of carbonyl (C=O) groups is 1. The Balaban J connectivity index is 1.45. The second-order valence-corrected chi connectivity index (χ2v) is 8.27. The molecule has 2 aliphatic rings. The van der Waals surface area contributed by atoms with Crippen molar-refractivity contribution in [3.8, 4) is 0 Å². The molecule has 1 aromatic heterocycles. The summed E-state index contributed by atoms with van der Waals surface area (Å²) in [5, 5.41) is 18.7. The molecule has 150 valence electrons. The van der Waals surface area contributed by atoms with Crippen molar-refractivity contribution in [3.05, 3.63) is 52.8 Å². The van der Waals surface area contributed by atoms with Gasteiger partial charge in [0.25, 0.3) is 5.91 Å². The summed E-state index contributed by atoms with van der Waals surface area (Å²) in [5.41, 5.74) is 2.68. The molecule has 28 heavy (non-hydrogen) atoms. The summed E-state index contributed by atoms with van der Waals surface area (Å²) in [4.78, 5) is 13.0. The monoisotopic (exact) mass is 383 g/mol. The van der Waals surface area contributed by atoms with E-state index in [1.807, 2.05) is 51.2 Å². The zero-order chi connectivity index (χ0) is 19.9. The van der Waals surface area contributed by atoms with Gasteiger partial charge in [-0.05, 0) is 45.1 Å². The molecule has 0 unspecified atom stereocenters. The van der Waals surface area contributed by atoms with Crippen LogP contribution in [0.3, 0.4) is 0 Å². The van der Waals surface area contributed by atoms with Crippen LogP contribution in [0.5, 0.6) is 0 Å². The molecule has 2 aromatic rings. The lowest BCUT2D eigenvalue weighted by atomic mass is 9.77. The second kappa shape index (κ2) is 7.33. The maximum absolute atomic E-state index is 13.0. The number of aliphatic hydroxyl groups is 1. The Labute approximate surface area is 165 Å². The number of amides is 1. The molecule has 6 nitrogen and oxygen atoms in total. The van der Waals surface area contributed by atoms with Crippen LogP contribution in [0, 0.1) is 0 Å². The SMILES string of the molecule is C[C@@H]1Cc2c(nn(C)c2C(=O)NC2CCC(O)(c3ccccc3)CC2)[C@H](C)O1. The van der Waals surface area contributed by atoms with Gasteiger partial charge in [-0.15, -0.1) is 0 Å².